The van der Waals surface area contributed by atoms with Crippen LogP contribution in [0.3, 0.4) is 0 Å². The molecule has 1 aromatic carbocycles. The summed E-state index contributed by atoms with van der Waals surface area (Å²) in [7, 11) is -1.69. The zero-order chi connectivity index (χ0) is 14.0. The molecule has 1 fully saturated rings. The predicted octanol–water partition coefficient (Wildman–Crippen LogP) is 1.67. The van der Waals surface area contributed by atoms with Gasteiger partial charge in [-0.3, -0.25) is 0 Å². The molecule has 0 aromatic heterocycles. The minimum Gasteiger partial charge on any atom is -0.494 e. The number of halogens is 1. The summed E-state index contributed by atoms with van der Waals surface area (Å²) in [6.07, 6.45) is 0.731. The summed E-state index contributed by atoms with van der Waals surface area (Å²) in [5, 5.41) is 3.25. The summed E-state index contributed by atoms with van der Waals surface area (Å²) >= 11 is 0. The average Bonchev–Trinajstić information content (AvgIpc) is 2.36. The molecule has 2 atom stereocenters. The Morgan fingerprint density at radius 3 is 2.74 bits per heavy atom. The quantitative estimate of drug-likeness (QED) is 0.919. The Morgan fingerprint density at radius 1 is 1.42 bits per heavy atom. The summed E-state index contributed by atoms with van der Waals surface area (Å²) in [6, 6.07) is 4.13. The van der Waals surface area contributed by atoms with Gasteiger partial charge in [-0.25, -0.2) is 12.8 Å². The molecule has 2 rings (SSSR count). The van der Waals surface area contributed by atoms with Gasteiger partial charge in [-0.05, 0) is 24.1 Å². The van der Waals surface area contributed by atoms with E-state index < -0.39 is 15.7 Å². The van der Waals surface area contributed by atoms with Crippen molar-refractivity contribution in [3.63, 3.8) is 0 Å². The molecule has 1 N–H and O–H groups in total. The average molecular weight is 287 g/mol. The highest BCUT2D eigenvalue weighted by Gasteiger charge is 2.31. The van der Waals surface area contributed by atoms with Crippen LogP contribution in [0.1, 0.15) is 24.9 Å². The van der Waals surface area contributed by atoms with Crippen LogP contribution in [-0.4, -0.2) is 33.1 Å². The van der Waals surface area contributed by atoms with Gasteiger partial charge in [0, 0.05) is 12.1 Å². The van der Waals surface area contributed by atoms with Crippen LogP contribution in [0.25, 0.3) is 0 Å². The second kappa shape index (κ2) is 5.46. The van der Waals surface area contributed by atoms with Crippen molar-refractivity contribution < 1.29 is 17.5 Å². The minimum atomic E-state index is -3.09. The molecule has 19 heavy (non-hydrogen) atoms. The molecule has 1 heterocycles. The summed E-state index contributed by atoms with van der Waals surface area (Å²) in [5.74, 6) is -0.152. The van der Waals surface area contributed by atoms with Crippen molar-refractivity contribution >= 4 is 9.84 Å². The summed E-state index contributed by atoms with van der Waals surface area (Å²) in [5.41, 5.74) is 0.639. The second-order valence-electron chi connectivity index (χ2n) is 4.80. The summed E-state index contributed by atoms with van der Waals surface area (Å²) < 4.78 is 42.2. The molecular formula is C13H18FNO3S. The van der Waals surface area contributed by atoms with Crippen LogP contribution >= 0.6 is 0 Å². The predicted molar refractivity (Wildman–Crippen MR) is 71.6 cm³/mol. The highest BCUT2D eigenvalue weighted by molar-refractivity contribution is 7.91. The van der Waals surface area contributed by atoms with E-state index in [0.29, 0.717) is 5.56 Å². The van der Waals surface area contributed by atoms with E-state index in [2.05, 4.69) is 5.32 Å². The van der Waals surface area contributed by atoms with Crippen molar-refractivity contribution in [2.75, 3.05) is 18.6 Å². The van der Waals surface area contributed by atoms with E-state index in [1.54, 1.807) is 6.07 Å². The molecule has 4 nitrogen and oxygen atoms in total. The van der Waals surface area contributed by atoms with E-state index >= 15 is 0 Å². The third-order valence-electron chi connectivity index (χ3n) is 3.38. The van der Waals surface area contributed by atoms with Gasteiger partial charge in [0.1, 0.15) is 0 Å². The maximum atomic E-state index is 13.7. The lowest BCUT2D eigenvalue weighted by Gasteiger charge is -2.30. The smallest absolute Gasteiger partial charge is 0.165 e. The first-order chi connectivity index (χ1) is 8.95. The normalized spacial score (nSPS) is 26.1. The lowest BCUT2D eigenvalue weighted by molar-refractivity contribution is 0.384. The third-order valence-corrected chi connectivity index (χ3v) is 5.14. The van der Waals surface area contributed by atoms with Crippen LogP contribution in [-0.2, 0) is 9.84 Å². The Balaban J connectivity index is 2.28. The van der Waals surface area contributed by atoms with Crippen molar-refractivity contribution in [2.24, 2.45) is 0 Å². The number of ether oxygens (including phenoxy) is 1. The number of nitrogens with one attached hydrogen (secondary N) is 1. The van der Waals surface area contributed by atoms with E-state index in [1.807, 2.05) is 6.92 Å². The van der Waals surface area contributed by atoms with Crippen molar-refractivity contribution in [3.05, 3.63) is 29.6 Å². The molecule has 0 aliphatic carbocycles. The van der Waals surface area contributed by atoms with Gasteiger partial charge in [-0.15, -0.1) is 0 Å². The van der Waals surface area contributed by atoms with Crippen molar-refractivity contribution in [1.82, 2.24) is 5.32 Å². The molecule has 1 aromatic rings. The lowest BCUT2D eigenvalue weighted by atomic mass is 10.1. The Bertz CT molecular complexity index is 559. The molecule has 6 heteroatoms. The standard InChI is InChI=1S/C13H18FNO3S/c1-3-10-7-19(16,17)8-12(15-10)9-4-5-13(18-2)11(14)6-9/h4-6,10,12,15H,3,7-8H2,1-2H3. The number of hydrogen-bond acceptors (Lipinski definition) is 4. The lowest BCUT2D eigenvalue weighted by Crippen LogP contribution is -2.46. The van der Waals surface area contributed by atoms with Gasteiger partial charge < -0.3 is 10.1 Å². The Hall–Kier alpha value is -1.14. The third kappa shape index (κ3) is 3.25. The van der Waals surface area contributed by atoms with E-state index in [-0.39, 0.29) is 29.3 Å². The van der Waals surface area contributed by atoms with Crippen LogP contribution < -0.4 is 10.1 Å². The molecular weight excluding hydrogens is 269 g/mol. The van der Waals surface area contributed by atoms with Crippen molar-refractivity contribution in [3.8, 4) is 5.75 Å². The molecule has 1 saturated heterocycles. The Kier molecular flexibility index (Phi) is 4.10. The first kappa shape index (κ1) is 14.3. The minimum absolute atomic E-state index is 0.00920. The number of hydrogen-bond donors (Lipinski definition) is 1. The SMILES string of the molecule is CCC1CS(=O)(=O)CC(c2ccc(OC)c(F)c2)N1. The Morgan fingerprint density at radius 2 is 2.16 bits per heavy atom. The molecule has 1 aliphatic rings. The van der Waals surface area contributed by atoms with Crippen LogP contribution in [0.5, 0.6) is 5.75 Å². The van der Waals surface area contributed by atoms with Gasteiger partial charge in [0.05, 0.1) is 18.6 Å². The number of methoxy groups -OCH3 is 1. The fraction of sp³-hybridized carbons (Fsp3) is 0.538. The van der Waals surface area contributed by atoms with Gasteiger partial charge in [-0.2, -0.15) is 0 Å². The van der Waals surface area contributed by atoms with Gasteiger partial charge in [-0.1, -0.05) is 13.0 Å². The van der Waals surface area contributed by atoms with E-state index in [1.165, 1.54) is 19.2 Å². The van der Waals surface area contributed by atoms with E-state index in [0.717, 1.165) is 6.42 Å². The maximum Gasteiger partial charge on any atom is 0.165 e. The highest BCUT2D eigenvalue weighted by atomic mass is 32.2. The number of rotatable bonds is 3. The van der Waals surface area contributed by atoms with Crippen molar-refractivity contribution in [2.45, 2.75) is 25.4 Å². The fourth-order valence-electron chi connectivity index (χ4n) is 2.34. The van der Waals surface area contributed by atoms with Crippen LogP contribution in [0.4, 0.5) is 4.39 Å². The largest absolute Gasteiger partial charge is 0.494 e. The zero-order valence-corrected chi connectivity index (χ0v) is 11.8. The topological polar surface area (TPSA) is 55.4 Å². The summed E-state index contributed by atoms with van der Waals surface area (Å²) in [6.45, 7) is 1.93. The van der Waals surface area contributed by atoms with Crippen LogP contribution in [0.2, 0.25) is 0 Å². The highest BCUT2D eigenvalue weighted by Crippen LogP contribution is 2.26. The molecule has 1 aliphatic heterocycles. The van der Waals surface area contributed by atoms with Gasteiger partial charge in [0.25, 0.3) is 0 Å². The molecule has 0 radical (unpaired) electrons. The van der Waals surface area contributed by atoms with E-state index in [9.17, 15) is 12.8 Å². The van der Waals surface area contributed by atoms with Gasteiger partial charge in [0.15, 0.2) is 21.4 Å². The van der Waals surface area contributed by atoms with Crippen LogP contribution in [0, 0.1) is 5.82 Å². The number of benzene rings is 1. The Labute approximate surface area is 112 Å². The van der Waals surface area contributed by atoms with Crippen LogP contribution in [0.15, 0.2) is 18.2 Å². The maximum absolute atomic E-state index is 13.7. The molecule has 0 spiro atoms. The van der Waals surface area contributed by atoms with Gasteiger partial charge >= 0.3 is 0 Å². The van der Waals surface area contributed by atoms with Gasteiger partial charge in [0.2, 0.25) is 0 Å². The molecule has 0 bridgehead atoms. The van der Waals surface area contributed by atoms with Crippen molar-refractivity contribution in [1.29, 1.82) is 0 Å². The first-order valence-corrected chi connectivity index (χ1v) is 8.07. The molecule has 0 amide bonds. The molecule has 106 valence electrons. The first-order valence-electron chi connectivity index (χ1n) is 6.25. The number of sulfone groups is 1. The monoisotopic (exact) mass is 287 g/mol. The fourth-order valence-corrected chi connectivity index (χ4v) is 4.21. The zero-order valence-electron chi connectivity index (χ0n) is 11.0. The second-order valence-corrected chi connectivity index (χ2v) is 6.95. The molecule has 2 unspecified atom stereocenters. The van der Waals surface area contributed by atoms with E-state index in [4.69, 9.17) is 4.74 Å². The summed E-state index contributed by atoms with van der Waals surface area (Å²) in [4.78, 5) is 0. The molecule has 0 saturated carbocycles.